The van der Waals surface area contributed by atoms with E-state index in [0.29, 0.717) is 23.5 Å². The van der Waals surface area contributed by atoms with Crippen molar-refractivity contribution < 1.29 is 4.92 Å². The van der Waals surface area contributed by atoms with Gasteiger partial charge in [-0.05, 0) is 29.4 Å². The van der Waals surface area contributed by atoms with E-state index >= 15 is 0 Å². The summed E-state index contributed by atoms with van der Waals surface area (Å²) in [5.41, 5.74) is 3.13. The largest absolute Gasteiger partial charge is 0.282 e. The van der Waals surface area contributed by atoms with E-state index in [9.17, 15) is 10.1 Å². The highest BCUT2D eigenvalue weighted by molar-refractivity contribution is 7.71. The molecule has 9 heteroatoms. The fourth-order valence-electron chi connectivity index (χ4n) is 2.80. The van der Waals surface area contributed by atoms with E-state index in [0.717, 1.165) is 11.1 Å². The molecule has 8 nitrogen and oxygen atoms in total. The molecule has 2 N–H and O–H groups in total. The van der Waals surface area contributed by atoms with Crippen LogP contribution in [0.25, 0.3) is 22.5 Å². The van der Waals surface area contributed by atoms with E-state index in [1.54, 1.807) is 10.9 Å². The molecule has 0 radical (unpaired) electrons. The Morgan fingerprint density at radius 1 is 1.07 bits per heavy atom. The molecule has 0 aliphatic rings. The lowest BCUT2D eigenvalue weighted by Crippen LogP contribution is -1.99. The molecule has 0 aliphatic heterocycles. The van der Waals surface area contributed by atoms with Crippen molar-refractivity contribution >= 4 is 17.9 Å². The van der Waals surface area contributed by atoms with Gasteiger partial charge in [-0.2, -0.15) is 10.1 Å². The molecular formula is C18H14N6O2S. The number of hydrogen-bond acceptors (Lipinski definition) is 5. The number of aromatic nitrogens is 5. The Morgan fingerprint density at radius 3 is 2.56 bits per heavy atom. The number of non-ortho nitro benzene ring substituents is 1. The van der Waals surface area contributed by atoms with Gasteiger partial charge in [0.25, 0.3) is 5.69 Å². The maximum absolute atomic E-state index is 11.3. The lowest BCUT2D eigenvalue weighted by molar-refractivity contribution is -0.384. The minimum absolute atomic E-state index is 0.0272. The Labute approximate surface area is 158 Å². The van der Waals surface area contributed by atoms with Crippen molar-refractivity contribution in [1.82, 2.24) is 25.0 Å². The fourth-order valence-corrected chi connectivity index (χ4v) is 2.94. The predicted octanol–water partition coefficient (Wildman–Crippen LogP) is 3.95. The monoisotopic (exact) mass is 378 g/mol. The van der Waals surface area contributed by atoms with Gasteiger partial charge in [-0.1, -0.05) is 30.3 Å². The van der Waals surface area contributed by atoms with Crippen LogP contribution in [-0.2, 0) is 6.54 Å². The van der Waals surface area contributed by atoms with E-state index < -0.39 is 4.92 Å². The van der Waals surface area contributed by atoms with Crippen LogP contribution in [0, 0.1) is 14.9 Å². The Hall–Kier alpha value is -3.59. The number of rotatable bonds is 5. The highest BCUT2D eigenvalue weighted by Gasteiger charge is 2.15. The predicted molar refractivity (Wildman–Crippen MR) is 103 cm³/mol. The minimum Gasteiger partial charge on any atom is -0.282 e. The molecule has 134 valence electrons. The highest BCUT2D eigenvalue weighted by Crippen LogP contribution is 2.29. The molecule has 2 aromatic heterocycles. The maximum Gasteiger partial charge on any atom is 0.270 e. The van der Waals surface area contributed by atoms with Gasteiger partial charge in [0.1, 0.15) is 0 Å². The number of nitrogens with zero attached hydrogens (tertiary/aromatic N) is 4. The number of benzene rings is 2. The maximum atomic E-state index is 11.3. The third-order valence-electron chi connectivity index (χ3n) is 4.06. The lowest BCUT2D eigenvalue weighted by atomic mass is 10.0. The second-order valence-electron chi connectivity index (χ2n) is 5.95. The SMILES string of the molecule is O=[N+]([O-])c1cc(-c2cnn(Cc3ccccc3)c2)cc(-c2nc(=S)[nH][nH]2)c1. The lowest BCUT2D eigenvalue weighted by Gasteiger charge is -2.03. The van der Waals surface area contributed by atoms with Crippen LogP contribution in [0.2, 0.25) is 0 Å². The number of H-pyrrole nitrogens is 2. The molecule has 0 amide bonds. The molecule has 0 fully saturated rings. The van der Waals surface area contributed by atoms with Crippen molar-refractivity contribution in [1.29, 1.82) is 0 Å². The molecule has 2 aromatic carbocycles. The summed E-state index contributed by atoms with van der Waals surface area (Å²) in [6, 6.07) is 14.7. The highest BCUT2D eigenvalue weighted by atomic mass is 32.1. The van der Waals surface area contributed by atoms with Gasteiger partial charge in [-0.25, -0.2) is 0 Å². The van der Waals surface area contributed by atoms with Crippen LogP contribution in [0.3, 0.4) is 0 Å². The van der Waals surface area contributed by atoms with Crippen molar-refractivity contribution in [3.63, 3.8) is 0 Å². The molecule has 0 spiro atoms. The van der Waals surface area contributed by atoms with Crippen LogP contribution in [0.5, 0.6) is 0 Å². The van der Waals surface area contributed by atoms with Crippen LogP contribution >= 0.6 is 12.2 Å². The van der Waals surface area contributed by atoms with Gasteiger partial charge in [0.2, 0.25) is 4.77 Å². The molecule has 0 atom stereocenters. The molecule has 0 unspecified atom stereocenters. The first-order valence-electron chi connectivity index (χ1n) is 8.10. The van der Waals surface area contributed by atoms with Gasteiger partial charge < -0.3 is 0 Å². The third kappa shape index (κ3) is 3.67. The average molecular weight is 378 g/mol. The normalized spacial score (nSPS) is 10.8. The molecule has 0 aliphatic carbocycles. The van der Waals surface area contributed by atoms with Crippen molar-refractivity contribution in [3.05, 3.63) is 81.4 Å². The Balaban J connectivity index is 1.72. The quantitative estimate of drug-likeness (QED) is 0.311. The number of nitrogens with one attached hydrogen (secondary N) is 2. The summed E-state index contributed by atoms with van der Waals surface area (Å²) in [6.07, 6.45) is 3.56. The van der Waals surface area contributed by atoms with E-state index in [-0.39, 0.29) is 10.5 Å². The van der Waals surface area contributed by atoms with E-state index in [1.165, 1.54) is 12.1 Å². The fraction of sp³-hybridized carbons (Fsp3) is 0.0556. The van der Waals surface area contributed by atoms with Crippen LogP contribution < -0.4 is 0 Å². The minimum atomic E-state index is -0.428. The topological polar surface area (TPSA) is 105 Å². The molecule has 27 heavy (non-hydrogen) atoms. The summed E-state index contributed by atoms with van der Waals surface area (Å²) in [6.45, 7) is 0.620. The van der Waals surface area contributed by atoms with Gasteiger partial charge in [-0.3, -0.25) is 25.0 Å². The Kier molecular flexibility index (Phi) is 4.35. The Bertz CT molecular complexity index is 1160. The average Bonchev–Trinajstić information content (AvgIpc) is 3.31. The number of nitro groups is 1. The summed E-state index contributed by atoms with van der Waals surface area (Å²) in [5, 5.41) is 21.2. The van der Waals surface area contributed by atoms with Crippen molar-refractivity contribution in [2.45, 2.75) is 6.54 Å². The molecule has 2 heterocycles. The van der Waals surface area contributed by atoms with Crippen LogP contribution in [0.15, 0.2) is 60.9 Å². The van der Waals surface area contributed by atoms with E-state index in [2.05, 4.69) is 20.3 Å². The first-order valence-corrected chi connectivity index (χ1v) is 8.50. The number of nitro benzene ring substituents is 1. The summed E-state index contributed by atoms with van der Waals surface area (Å²) in [5.74, 6) is 0.446. The zero-order valence-corrected chi connectivity index (χ0v) is 14.8. The number of aromatic amines is 2. The van der Waals surface area contributed by atoms with Crippen LogP contribution in [-0.4, -0.2) is 29.9 Å². The van der Waals surface area contributed by atoms with E-state index in [1.807, 2.05) is 42.6 Å². The second-order valence-corrected chi connectivity index (χ2v) is 6.34. The molecule has 4 aromatic rings. The molecule has 0 saturated heterocycles. The zero-order valence-electron chi connectivity index (χ0n) is 14.0. The van der Waals surface area contributed by atoms with Crippen LogP contribution in [0.4, 0.5) is 5.69 Å². The molecule has 4 rings (SSSR count). The van der Waals surface area contributed by atoms with Gasteiger partial charge in [0, 0.05) is 29.5 Å². The second kappa shape index (κ2) is 6.96. The van der Waals surface area contributed by atoms with E-state index in [4.69, 9.17) is 12.2 Å². The number of hydrogen-bond donors (Lipinski definition) is 2. The summed E-state index contributed by atoms with van der Waals surface area (Å²) >= 11 is 4.96. The molecule has 0 saturated carbocycles. The van der Waals surface area contributed by atoms with Gasteiger partial charge in [-0.15, -0.1) is 0 Å². The zero-order chi connectivity index (χ0) is 18.8. The summed E-state index contributed by atoms with van der Waals surface area (Å²) < 4.78 is 2.08. The first-order chi connectivity index (χ1) is 13.1. The smallest absolute Gasteiger partial charge is 0.270 e. The van der Waals surface area contributed by atoms with Crippen LogP contribution in [0.1, 0.15) is 5.56 Å². The summed E-state index contributed by atoms with van der Waals surface area (Å²) in [4.78, 5) is 15.1. The van der Waals surface area contributed by atoms with Gasteiger partial charge in [0.05, 0.1) is 17.7 Å². The van der Waals surface area contributed by atoms with Gasteiger partial charge >= 0.3 is 0 Å². The van der Waals surface area contributed by atoms with Gasteiger partial charge in [0.15, 0.2) is 5.82 Å². The van der Waals surface area contributed by atoms with Crippen molar-refractivity contribution in [2.24, 2.45) is 0 Å². The van der Waals surface area contributed by atoms with Crippen molar-refractivity contribution in [2.75, 3.05) is 0 Å². The standard InChI is InChI=1S/C18H14N6O2S/c25-24(26)16-7-13(6-14(8-16)17-20-18(27)22-21-17)15-9-19-23(11-15)10-12-4-2-1-3-5-12/h1-9,11H,10H2,(H2,20,21,22,27). The third-order valence-corrected chi connectivity index (χ3v) is 4.25. The molecular weight excluding hydrogens is 364 g/mol. The van der Waals surface area contributed by atoms with Crippen molar-refractivity contribution in [3.8, 4) is 22.5 Å². The molecule has 0 bridgehead atoms. The summed E-state index contributed by atoms with van der Waals surface area (Å²) in [7, 11) is 0. The Morgan fingerprint density at radius 2 is 1.85 bits per heavy atom. The first kappa shape index (κ1) is 16.9.